The molecule has 0 spiro atoms. The highest BCUT2D eigenvalue weighted by atomic mass is 32.2. The summed E-state index contributed by atoms with van der Waals surface area (Å²) in [5.74, 6) is -2.23. The van der Waals surface area contributed by atoms with E-state index in [1.165, 1.54) is 74.9 Å². The van der Waals surface area contributed by atoms with Crippen molar-refractivity contribution < 1.29 is 106 Å². The van der Waals surface area contributed by atoms with E-state index in [0.29, 0.717) is 33.6 Å². The van der Waals surface area contributed by atoms with Gasteiger partial charge in [0.1, 0.15) is 67.0 Å². The fourth-order valence-corrected chi connectivity index (χ4v) is 11.4. The van der Waals surface area contributed by atoms with E-state index in [1.54, 1.807) is 39.8 Å². The zero-order valence-corrected chi connectivity index (χ0v) is 56.2. The molecule has 0 aliphatic carbocycles. The Morgan fingerprint density at radius 1 is 0.337 bits per heavy atom. The highest BCUT2D eigenvalue weighted by molar-refractivity contribution is 7.87. The maximum Gasteiger partial charge on any atom is 0.296 e. The van der Waals surface area contributed by atoms with Crippen molar-refractivity contribution in [2.24, 2.45) is 40.9 Å². The summed E-state index contributed by atoms with van der Waals surface area (Å²) >= 11 is 0. The Kier molecular flexibility index (Phi) is 26.1. The number of azo groups is 4. The molecule has 516 valence electrons. The second kappa shape index (κ2) is 32.8. The van der Waals surface area contributed by atoms with Gasteiger partial charge in [0.2, 0.25) is 0 Å². The van der Waals surface area contributed by atoms with Gasteiger partial charge in [-0.3, -0.25) is 27.3 Å². The minimum absolute atomic E-state index is 0.0198. The summed E-state index contributed by atoms with van der Waals surface area (Å²) in [5, 5.41) is 40.4. The Bertz CT molecular complexity index is 4340. The molecule has 0 saturated heterocycles. The molecular formula is C55H66N10O24S6. The molecule has 0 heterocycles. The van der Waals surface area contributed by atoms with Crippen LogP contribution in [0.2, 0.25) is 0 Å². The lowest BCUT2D eigenvalue weighted by atomic mass is 10.1. The summed E-state index contributed by atoms with van der Waals surface area (Å²) in [6.45, 7) is 5.41. The SMILES string of the molecule is COc1ccc(N=Nc2cc(OCCCS(=O)(=O)O)c(N=Nc3cc(OCCCS(=O)(=O)O)c(NCNc4cc(C)c(/N=N\c5cc(C)c(N=Nc6ccc(OC)cc6S(=O)(=O)O)cc5OCCCS(=O)(=O)O)cc4OCCCS(=O)(=O)O)cc3C)cc2C)c(S(=O)(=O)O)c1. The number of ether oxygens (including phenoxy) is 6. The van der Waals surface area contributed by atoms with E-state index in [2.05, 4.69) is 51.5 Å². The van der Waals surface area contributed by atoms with Crippen molar-refractivity contribution in [1.29, 1.82) is 0 Å². The molecule has 40 heteroatoms. The highest BCUT2D eigenvalue weighted by Crippen LogP contribution is 2.42. The van der Waals surface area contributed by atoms with Crippen LogP contribution >= 0.6 is 0 Å². The minimum Gasteiger partial charge on any atom is -0.497 e. The number of rotatable bonds is 36. The van der Waals surface area contributed by atoms with Gasteiger partial charge in [0.25, 0.3) is 60.7 Å². The van der Waals surface area contributed by atoms with Gasteiger partial charge in [-0.1, -0.05) is 0 Å². The van der Waals surface area contributed by atoms with Crippen LogP contribution in [0.1, 0.15) is 47.9 Å². The number of benzene rings is 6. The first kappa shape index (κ1) is 75.6. The van der Waals surface area contributed by atoms with E-state index < -0.39 is 93.5 Å². The van der Waals surface area contributed by atoms with Gasteiger partial charge in [0.15, 0.2) is 0 Å². The second-order valence-corrected chi connectivity index (χ2v) is 29.5. The lowest BCUT2D eigenvalue weighted by Crippen LogP contribution is -2.15. The van der Waals surface area contributed by atoms with Crippen molar-refractivity contribution in [2.75, 3.05) is 81.0 Å². The van der Waals surface area contributed by atoms with Gasteiger partial charge in [0.05, 0.1) is 104 Å². The summed E-state index contributed by atoms with van der Waals surface area (Å²) in [6.07, 6.45) is -0.657. The molecule has 6 aromatic rings. The molecule has 0 aliphatic heterocycles. The largest absolute Gasteiger partial charge is 0.497 e. The van der Waals surface area contributed by atoms with Crippen molar-refractivity contribution in [2.45, 2.75) is 63.2 Å². The molecule has 0 aliphatic rings. The Labute approximate surface area is 547 Å². The van der Waals surface area contributed by atoms with Crippen LogP contribution in [-0.2, 0) is 60.7 Å². The summed E-state index contributed by atoms with van der Waals surface area (Å²) in [5.41, 5.74) is 2.61. The molecule has 6 rings (SSSR count). The van der Waals surface area contributed by atoms with Crippen molar-refractivity contribution in [3.8, 4) is 34.5 Å². The normalized spacial score (nSPS) is 12.7. The molecule has 95 heavy (non-hydrogen) atoms. The molecule has 0 aromatic heterocycles. The molecule has 0 radical (unpaired) electrons. The number of methoxy groups -OCH3 is 2. The molecule has 0 amide bonds. The zero-order chi connectivity index (χ0) is 70.1. The van der Waals surface area contributed by atoms with Crippen molar-refractivity contribution in [1.82, 2.24) is 0 Å². The summed E-state index contributed by atoms with van der Waals surface area (Å²) < 4.78 is 233. The summed E-state index contributed by atoms with van der Waals surface area (Å²) in [4.78, 5) is -1.21. The monoisotopic (exact) mass is 1440 g/mol. The first-order chi connectivity index (χ1) is 44.4. The Morgan fingerprint density at radius 3 is 0.884 bits per heavy atom. The van der Waals surface area contributed by atoms with Crippen LogP contribution in [0, 0.1) is 27.7 Å². The van der Waals surface area contributed by atoms with Crippen LogP contribution in [0.25, 0.3) is 0 Å². The summed E-state index contributed by atoms with van der Waals surface area (Å²) in [7, 11) is -24.5. The molecule has 0 atom stereocenters. The molecule has 34 nitrogen and oxygen atoms in total. The third kappa shape index (κ3) is 24.7. The maximum absolute atomic E-state index is 12.2. The number of nitrogens with one attached hydrogen (secondary N) is 2. The van der Waals surface area contributed by atoms with E-state index in [1.807, 2.05) is 0 Å². The van der Waals surface area contributed by atoms with E-state index in [4.69, 9.17) is 28.4 Å². The van der Waals surface area contributed by atoms with Crippen LogP contribution in [0.3, 0.4) is 0 Å². The van der Waals surface area contributed by atoms with E-state index in [-0.39, 0.29) is 139 Å². The predicted molar refractivity (Wildman–Crippen MR) is 345 cm³/mol. The Morgan fingerprint density at radius 2 is 0.600 bits per heavy atom. The van der Waals surface area contributed by atoms with Crippen LogP contribution in [0.5, 0.6) is 34.5 Å². The van der Waals surface area contributed by atoms with Gasteiger partial charge in [-0.05, 0) is 124 Å². The average molecular weight is 1440 g/mol. The maximum atomic E-state index is 12.2. The highest BCUT2D eigenvalue weighted by Gasteiger charge is 2.21. The molecule has 0 saturated carbocycles. The number of nitrogens with zero attached hydrogens (tertiary/aromatic N) is 8. The van der Waals surface area contributed by atoms with Gasteiger partial charge in [-0.15, -0.1) is 20.5 Å². The number of hydrogen-bond donors (Lipinski definition) is 8. The van der Waals surface area contributed by atoms with Gasteiger partial charge < -0.3 is 39.1 Å². The predicted octanol–water partition coefficient (Wildman–Crippen LogP) is 11.2. The fourth-order valence-electron chi connectivity index (χ4n) is 8.19. The number of aryl methyl sites for hydroxylation is 4. The Hall–Kier alpha value is -8.42. The number of anilines is 2. The smallest absolute Gasteiger partial charge is 0.296 e. The van der Waals surface area contributed by atoms with Gasteiger partial charge in [0, 0.05) is 36.4 Å². The second-order valence-electron chi connectivity index (χ2n) is 20.4. The van der Waals surface area contributed by atoms with E-state index >= 15 is 0 Å². The molecule has 6 aromatic carbocycles. The van der Waals surface area contributed by atoms with Crippen LogP contribution in [-0.4, -0.2) is 148 Å². The van der Waals surface area contributed by atoms with Gasteiger partial charge >= 0.3 is 0 Å². The summed E-state index contributed by atoms with van der Waals surface area (Å²) in [6, 6.07) is 19.2. The molecular weight excluding hydrogens is 1380 g/mol. The molecule has 0 fully saturated rings. The first-order valence-electron chi connectivity index (χ1n) is 27.7. The lowest BCUT2D eigenvalue weighted by molar-refractivity contribution is 0.317. The molecule has 0 bridgehead atoms. The quantitative estimate of drug-likeness (QED) is 0.00784. The van der Waals surface area contributed by atoms with Crippen molar-refractivity contribution in [3.63, 3.8) is 0 Å². The van der Waals surface area contributed by atoms with Crippen LogP contribution < -0.4 is 39.1 Å². The molecule has 0 unspecified atom stereocenters. The van der Waals surface area contributed by atoms with Crippen LogP contribution in [0.4, 0.5) is 56.9 Å². The van der Waals surface area contributed by atoms with Crippen molar-refractivity contribution >= 4 is 118 Å². The third-order valence-corrected chi connectivity index (χ3v) is 17.9. The van der Waals surface area contributed by atoms with E-state index in [9.17, 15) is 77.8 Å². The fraction of sp³-hybridized carbons (Fsp3) is 0.345. The first-order valence-corrected chi connectivity index (χ1v) is 37.1. The topological polar surface area (TPSA) is 505 Å². The Balaban J connectivity index is 1.33. The zero-order valence-electron chi connectivity index (χ0n) is 51.3. The van der Waals surface area contributed by atoms with E-state index in [0.717, 1.165) is 12.1 Å². The van der Waals surface area contributed by atoms with Gasteiger partial charge in [-0.2, -0.15) is 71.0 Å². The average Bonchev–Trinajstić information content (AvgIpc) is 0.831. The third-order valence-electron chi connectivity index (χ3n) is 12.9. The number of hydrogen-bond acceptors (Lipinski definition) is 28. The standard InChI is InChI=1S/C55H66N10O24S6/c1-34-23-46(50(86-15-7-19-90(66,67)68)29-42(34)62-64-48-25-36(3)44(31-52(48)88-17-9-21-92(72,73)74)60-58-40-13-11-38(84-5)27-54(40)94(78,79)80)56-33-57-47-24-35(2)43(30-51(47)87-16-8-20-91(69,70)71)63-65-49-26-37(4)45(32-53(49)89-18-10-22-93(75,76)77)61-59-41-14-12-39(85-6)28-55(41)95(81,82)83/h11-14,23-32,56-57H,7-10,15-22,33H2,1-6H3,(H,66,67,68)(H,69,70,71)(H,72,73,74)(H,75,76,77)(H,78,79,80)(H,81,82,83)/b60-58?,61-59?,64-62-,65-63?. The minimum atomic E-state index is -4.80. The van der Waals surface area contributed by atoms with Crippen molar-refractivity contribution in [3.05, 3.63) is 107 Å². The van der Waals surface area contributed by atoms with Crippen LogP contribution in [0.15, 0.2) is 136 Å². The lowest BCUT2D eigenvalue weighted by Gasteiger charge is -2.18. The van der Waals surface area contributed by atoms with Gasteiger partial charge in [-0.25, -0.2) is 0 Å². The molecule has 8 N–H and O–H groups in total.